The molecule has 0 radical (unpaired) electrons. The van der Waals surface area contributed by atoms with Gasteiger partial charge in [0.1, 0.15) is 0 Å². The van der Waals surface area contributed by atoms with Crippen LogP contribution in [-0.2, 0) is 6.18 Å². The lowest BCUT2D eigenvalue weighted by atomic mass is 10.1. The Balaban J connectivity index is 3.39. The second-order valence-electron chi connectivity index (χ2n) is 2.88. The van der Waals surface area contributed by atoms with Crippen LogP contribution >= 0.6 is 15.9 Å². The standard InChI is InChI=1S/C8H5BrF3NO2/c1-4-2-5(8(10,11)12)3-6(9)7(4)13(14)15/h2-3H,1H3. The lowest BCUT2D eigenvalue weighted by Crippen LogP contribution is -2.06. The highest BCUT2D eigenvalue weighted by Crippen LogP contribution is 2.36. The van der Waals surface area contributed by atoms with Crippen molar-refractivity contribution in [3.8, 4) is 0 Å². The highest BCUT2D eigenvalue weighted by Gasteiger charge is 2.33. The largest absolute Gasteiger partial charge is 0.416 e. The van der Waals surface area contributed by atoms with Crippen molar-refractivity contribution in [2.75, 3.05) is 0 Å². The van der Waals surface area contributed by atoms with Gasteiger partial charge in [-0.25, -0.2) is 0 Å². The number of halogens is 4. The first-order valence-corrected chi connectivity index (χ1v) is 4.54. The van der Waals surface area contributed by atoms with E-state index in [1.807, 2.05) is 0 Å². The van der Waals surface area contributed by atoms with Crippen LogP contribution in [0.5, 0.6) is 0 Å². The van der Waals surface area contributed by atoms with Crippen LogP contribution in [0.3, 0.4) is 0 Å². The maximum absolute atomic E-state index is 12.3. The van der Waals surface area contributed by atoms with Crippen molar-refractivity contribution in [1.82, 2.24) is 0 Å². The Morgan fingerprint density at radius 3 is 2.27 bits per heavy atom. The van der Waals surface area contributed by atoms with Crippen molar-refractivity contribution < 1.29 is 18.1 Å². The number of aryl methyl sites for hydroxylation is 1. The summed E-state index contributed by atoms with van der Waals surface area (Å²) in [5, 5.41) is 10.5. The number of nitrogens with zero attached hydrogens (tertiary/aromatic N) is 1. The first kappa shape index (κ1) is 12.0. The van der Waals surface area contributed by atoms with Crippen LogP contribution in [0.25, 0.3) is 0 Å². The van der Waals surface area contributed by atoms with Gasteiger partial charge in [-0.1, -0.05) is 0 Å². The second kappa shape index (κ2) is 3.80. The topological polar surface area (TPSA) is 43.1 Å². The summed E-state index contributed by atoms with van der Waals surface area (Å²) in [5.41, 5.74) is -1.28. The molecule has 0 aliphatic heterocycles. The Morgan fingerprint density at radius 1 is 1.40 bits per heavy atom. The molecule has 0 saturated carbocycles. The van der Waals surface area contributed by atoms with Crippen molar-refractivity contribution >= 4 is 21.6 Å². The molecule has 0 aromatic heterocycles. The minimum absolute atomic E-state index is 0.0262. The maximum atomic E-state index is 12.3. The average molecular weight is 284 g/mol. The van der Waals surface area contributed by atoms with Crippen molar-refractivity contribution in [2.24, 2.45) is 0 Å². The van der Waals surface area contributed by atoms with Crippen molar-refractivity contribution in [3.63, 3.8) is 0 Å². The van der Waals surface area contributed by atoms with E-state index in [0.29, 0.717) is 6.07 Å². The van der Waals surface area contributed by atoms with Gasteiger partial charge in [-0.3, -0.25) is 10.1 Å². The molecule has 0 bridgehead atoms. The van der Waals surface area contributed by atoms with Crippen molar-refractivity contribution in [3.05, 3.63) is 37.8 Å². The van der Waals surface area contributed by atoms with Crippen molar-refractivity contribution in [2.45, 2.75) is 13.1 Å². The van der Waals surface area contributed by atoms with Crippen LogP contribution < -0.4 is 0 Å². The summed E-state index contributed by atoms with van der Waals surface area (Å²) in [7, 11) is 0. The molecule has 0 spiro atoms. The van der Waals surface area contributed by atoms with Gasteiger partial charge in [0.05, 0.1) is 15.0 Å². The lowest BCUT2D eigenvalue weighted by molar-refractivity contribution is -0.386. The summed E-state index contributed by atoms with van der Waals surface area (Å²) in [6.07, 6.45) is -4.50. The van der Waals surface area contributed by atoms with Gasteiger partial charge in [0.2, 0.25) is 0 Å². The molecular weight excluding hydrogens is 279 g/mol. The quantitative estimate of drug-likeness (QED) is 0.583. The number of nitro benzene ring substituents is 1. The van der Waals surface area contributed by atoms with E-state index < -0.39 is 16.7 Å². The minimum Gasteiger partial charge on any atom is -0.258 e. The summed E-state index contributed by atoms with van der Waals surface area (Å²) in [5.74, 6) is 0. The molecule has 0 atom stereocenters. The molecule has 0 unspecified atom stereocenters. The summed E-state index contributed by atoms with van der Waals surface area (Å²) >= 11 is 2.75. The van der Waals surface area contributed by atoms with Crippen molar-refractivity contribution in [1.29, 1.82) is 0 Å². The zero-order valence-corrected chi connectivity index (χ0v) is 9.02. The Morgan fingerprint density at radius 2 is 1.93 bits per heavy atom. The third-order valence-corrected chi connectivity index (χ3v) is 2.37. The van der Waals surface area contributed by atoms with Gasteiger partial charge in [-0.2, -0.15) is 13.2 Å². The van der Waals surface area contributed by atoms with Crippen LogP contribution in [0, 0.1) is 17.0 Å². The molecule has 3 nitrogen and oxygen atoms in total. The van der Waals surface area contributed by atoms with Gasteiger partial charge in [-0.15, -0.1) is 0 Å². The molecule has 7 heteroatoms. The molecular formula is C8H5BrF3NO2. The highest BCUT2D eigenvalue weighted by atomic mass is 79.9. The molecule has 0 fully saturated rings. The average Bonchev–Trinajstić information content (AvgIpc) is 1.99. The molecule has 1 rings (SSSR count). The molecule has 0 heterocycles. The number of nitro groups is 1. The van der Waals surface area contributed by atoms with E-state index in [4.69, 9.17) is 0 Å². The van der Waals surface area contributed by atoms with Gasteiger partial charge in [0, 0.05) is 5.56 Å². The predicted octanol–water partition coefficient (Wildman–Crippen LogP) is 3.68. The molecule has 1 aromatic carbocycles. The smallest absolute Gasteiger partial charge is 0.258 e. The third-order valence-electron chi connectivity index (χ3n) is 1.76. The van der Waals surface area contributed by atoms with Crippen LogP contribution in [0.4, 0.5) is 18.9 Å². The van der Waals surface area contributed by atoms with Crippen LogP contribution in [0.2, 0.25) is 0 Å². The molecule has 82 valence electrons. The number of hydrogen-bond acceptors (Lipinski definition) is 2. The van der Waals surface area contributed by atoms with E-state index in [9.17, 15) is 23.3 Å². The van der Waals surface area contributed by atoms with E-state index >= 15 is 0 Å². The number of benzene rings is 1. The van der Waals surface area contributed by atoms with Gasteiger partial charge >= 0.3 is 6.18 Å². The Bertz CT molecular complexity index is 394. The van der Waals surface area contributed by atoms with E-state index in [1.54, 1.807) is 0 Å². The Kier molecular flexibility index (Phi) is 3.03. The number of hydrogen-bond donors (Lipinski definition) is 0. The van der Waals surface area contributed by atoms with E-state index in [-0.39, 0.29) is 15.7 Å². The Labute approximate surface area is 91.2 Å². The van der Waals surface area contributed by atoms with Gasteiger partial charge in [0.15, 0.2) is 0 Å². The molecule has 0 saturated heterocycles. The second-order valence-corrected chi connectivity index (χ2v) is 3.73. The zero-order chi connectivity index (χ0) is 11.8. The lowest BCUT2D eigenvalue weighted by Gasteiger charge is -2.08. The number of rotatable bonds is 1. The van der Waals surface area contributed by atoms with Gasteiger partial charge in [0.25, 0.3) is 5.69 Å². The predicted molar refractivity (Wildman–Crippen MR) is 50.5 cm³/mol. The van der Waals surface area contributed by atoms with E-state index in [0.717, 1.165) is 6.07 Å². The molecule has 0 aliphatic carbocycles. The first-order valence-electron chi connectivity index (χ1n) is 3.75. The minimum atomic E-state index is -4.50. The normalized spacial score (nSPS) is 11.5. The molecule has 1 aromatic rings. The van der Waals surface area contributed by atoms with E-state index in [2.05, 4.69) is 15.9 Å². The van der Waals surface area contributed by atoms with Crippen LogP contribution in [-0.4, -0.2) is 4.92 Å². The zero-order valence-electron chi connectivity index (χ0n) is 7.43. The maximum Gasteiger partial charge on any atom is 0.416 e. The fourth-order valence-electron chi connectivity index (χ4n) is 1.13. The molecule has 15 heavy (non-hydrogen) atoms. The molecule has 0 N–H and O–H groups in total. The fourth-order valence-corrected chi connectivity index (χ4v) is 1.84. The number of alkyl halides is 3. The summed E-state index contributed by atoms with van der Waals surface area (Å²) < 4.78 is 36.7. The van der Waals surface area contributed by atoms with Crippen LogP contribution in [0.1, 0.15) is 11.1 Å². The SMILES string of the molecule is Cc1cc(C(F)(F)F)cc(Br)c1[N+](=O)[O-]. The highest BCUT2D eigenvalue weighted by molar-refractivity contribution is 9.10. The summed E-state index contributed by atoms with van der Waals surface area (Å²) in [4.78, 5) is 9.78. The summed E-state index contributed by atoms with van der Waals surface area (Å²) in [6.45, 7) is 1.26. The van der Waals surface area contributed by atoms with Gasteiger partial charge < -0.3 is 0 Å². The summed E-state index contributed by atoms with van der Waals surface area (Å²) in [6, 6.07) is 1.45. The van der Waals surface area contributed by atoms with E-state index in [1.165, 1.54) is 6.92 Å². The van der Waals surface area contributed by atoms with Crippen LogP contribution in [0.15, 0.2) is 16.6 Å². The molecule has 0 amide bonds. The third kappa shape index (κ3) is 2.47. The first-order chi connectivity index (χ1) is 6.73. The van der Waals surface area contributed by atoms with Gasteiger partial charge in [-0.05, 0) is 35.0 Å². The fraction of sp³-hybridized carbons (Fsp3) is 0.250. The Hall–Kier alpha value is -1.11. The molecule has 0 aliphatic rings. The monoisotopic (exact) mass is 283 g/mol.